The third-order valence-electron chi connectivity index (χ3n) is 19.9. The minimum Gasteiger partial charge on any atom is -0.497 e. The summed E-state index contributed by atoms with van der Waals surface area (Å²) in [5.74, 6) is 3.76. The summed E-state index contributed by atoms with van der Waals surface area (Å²) in [7, 11) is 4.87. The number of carbonyl (C=O) groups is 3. The lowest BCUT2D eigenvalue weighted by molar-refractivity contribution is -0.112. The number of nitrogens with one attached hydrogen (secondary N) is 3. The first-order valence-corrected chi connectivity index (χ1v) is 39.5. The van der Waals surface area contributed by atoms with Crippen LogP contribution in [0.4, 0.5) is 28.4 Å². The van der Waals surface area contributed by atoms with Gasteiger partial charge in [0.15, 0.2) is 22.6 Å². The molecule has 0 unspecified atom stereocenters. The van der Waals surface area contributed by atoms with E-state index in [2.05, 4.69) is 120 Å². The number of ether oxygens (including phenoxy) is 3. The molecular formula is C94H83N21O10. The van der Waals surface area contributed by atoms with Crippen molar-refractivity contribution in [3.63, 3.8) is 0 Å². The number of aryl methyl sites for hydroxylation is 1. The molecule has 1 fully saturated rings. The molecule has 8 aromatic carbocycles. The molecule has 0 radical (unpaired) electrons. The molecule has 3 amide bonds. The number of benzene rings is 8. The number of anilines is 5. The second-order valence-electron chi connectivity index (χ2n) is 28.4. The van der Waals surface area contributed by atoms with Crippen LogP contribution in [-0.4, -0.2) is 130 Å². The summed E-state index contributed by atoms with van der Waals surface area (Å²) in [6.07, 6.45) is 19.7. The number of hydrogen-bond donors (Lipinski definition) is 4. The highest BCUT2D eigenvalue weighted by molar-refractivity contribution is 6.00. The summed E-state index contributed by atoms with van der Waals surface area (Å²) in [6.45, 7) is 14.2. The molecule has 125 heavy (non-hydrogen) atoms. The van der Waals surface area contributed by atoms with Crippen LogP contribution in [0.15, 0.2) is 295 Å². The van der Waals surface area contributed by atoms with Crippen molar-refractivity contribution in [2.75, 3.05) is 61.0 Å². The molecule has 0 aliphatic carbocycles. The molecule has 1 aliphatic rings. The second-order valence-corrected chi connectivity index (χ2v) is 28.4. The Morgan fingerprint density at radius 3 is 0.944 bits per heavy atom. The summed E-state index contributed by atoms with van der Waals surface area (Å²) < 4.78 is 21.6. The van der Waals surface area contributed by atoms with Crippen LogP contribution in [0.25, 0.3) is 67.4 Å². The van der Waals surface area contributed by atoms with Crippen molar-refractivity contribution in [2.45, 2.75) is 51.9 Å². The quantitative estimate of drug-likeness (QED) is 0.0362. The second kappa shape index (κ2) is 39.4. The van der Waals surface area contributed by atoms with E-state index in [0.717, 1.165) is 52.6 Å². The van der Waals surface area contributed by atoms with Gasteiger partial charge in [-0.15, -0.1) is 0 Å². The maximum atomic E-state index is 13.0. The van der Waals surface area contributed by atoms with E-state index in [1.807, 2.05) is 72.8 Å². The van der Waals surface area contributed by atoms with Gasteiger partial charge in [0.25, 0.3) is 22.2 Å². The number of carbonyl (C=O) groups excluding carboxylic acids is 3. The molecule has 0 saturated carbocycles. The first-order valence-electron chi connectivity index (χ1n) is 39.5. The molecule has 8 aromatic heterocycles. The molecule has 5 N–H and O–H groups in total. The highest BCUT2D eigenvalue weighted by Crippen LogP contribution is 2.26. The van der Waals surface area contributed by atoms with Crippen molar-refractivity contribution in [3.05, 3.63) is 368 Å². The van der Waals surface area contributed by atoms with Crippen molar-refractivity contribution in [1.82, 2.24) is 78.1 Å². The van der Waals surface area contributed by atoms with Gasteiger partial charge in [0.1, 0.15) is 68.3 Å². The summed E-state index contributed by atoms with van der Waals surface area (Å²) in [6, 6.07) is 59.3. The lowest BCUT2D eigenvalue weighted by Gasteiger charge is -2.28. The topological polar surface area (TPSA) is 387 Å². The van der Waals surface area contributed by atoms with Crippen molar-refractivity contribution in [2.24, 2.45) is 0 Å². The van der Waals surface area contributed by atoms with E-state index in [1.54, 1.807) is 150 Å². The van der Waals surface area contributed by atoms with Crippen LogP contribution in [0.3, 0.4) is 0 Å². The molecule has 9 heterocycles. The average molecular weight is 1670 g/mol. The zero-order chi connectivity index (χ0) is 87.5. The van der Waals surface area contributed by atoms with Crippen LogP contribution in [0, 0.1) is 6.92 Å². The van der Waals surface area contributed by atoms with Gasteiger partial charge in [-0.1, -0.05) is 68.3 Å². The van der Waals surface area contributed by atoms with Gasteiger partial charge in [-0.2, -0.15) is 0 Å². The molecule has 1 aliphatic heterocycles. The summed E-state index contributed by atoms with van der Waals surface area (Å²) in [5.41, 5.74) is 19.1. The third kappa shape index (κ3) is 20.9. The van der Waals surface area contributed by atoms with Crippen molar-refractivity contribution in [3.8, 4) is 40.0 Å². The Bertz CT molecular complexity index is 6910. The first kappa shape index (κ1) is 84.7. The van der Waals surface area contributed by atoms with E-state index in [-0.39, 0.29) is 40.0 Å². The lowest BCUT2D eigenvalue weighted by atomic mass is 10.1. The Hall–Kier alpha value is -16.7. The molecule has 624 valence electrons. The number of nitrogens with zero attached hydrogens (tertiary/aromatic N) is 17. The highest BCUT2D eigenvalue weighted by atomic mass is 16.5. The van der Waals surface area contributed by atoms with E-state index in [9.17, 15) is 33.6 Å². The minimum atomic E-state index is -0.315. The number of nitrogens with two attached hydrogens (primary N) is 1. The van der Waals surface area contributed by atoms with Crippen LogP contribution in [0.2, 0.25) is 0 Å². The van der Waals surface area contributed by atoms with Crippen molar-refractivity contribution < 1.29 is 28.6 Å². The molecular weight excluding hydrogens is 1580 g/mol. The van der Waals surface area contributed by atoms with Gasteiger partial charge in [-0.05, 0) is 212 Å². The standard InChI is InChI=1S/C27H26N6O2.C24H21N5O3.C23H19N5O3.C20H17N5O2/c1-2-25(34)30-20-8-12-22(13-9-20)33-26(35)18-28-23-17-29-24(31-27(23)33)16-19-6-10-21(11-7-19)32-14-4-3-5-15-32;1-4-22(30)27-17-7-9-18(10-8-17)29-23-20(26-15(2)24(29)31)14-25-21(28-23)13-16-5-11-19(32-3)12-6-16;1-3-21(29)26-16-6-8-17(9-7-16)28-22(30)14-24-19-13-25-20(27-23(19)28)12-15-4-10-18(31-2)11-5-15;1-27-16-8-2-13(3-9-16)10-18-23-11-17-20(24-18)25(19(26)12-22-17)15-6-4-14(21)5-7-15/h2,6-13,17-18H,1,3-5,14-16H2,(H,30,34);4-12,14H,1,13H2,2-3H3,(H,27,30);3-11,13-14H,1,12H2,2H3,(H,26,29);2-9,11-12H,10,21H2,1H3. The first-order chi connectivity index (χ1) is 60.8. The largest absolute Gasteiger partial charge is 0.497 e. The molecule has 0 spiro atoms. The Labute approximate surface area is 714 Å². The Kier molecular flexibility index (Phi) is 26.7. The smallest absolute Gasteiger partial charge is 0.278 e. The van der Waals surface area contributed by atoms with Crippen LogP contribution < -0.4 is 63.0 Å². The number of nitrogen functional groups attached to an aromatic ring is 1. The number of piperidine rings is 1. The minimum absolute atomic E-state index is 0.263. The van der Waals surface area contributed by atoms with Gasteiger partial charge in [-0.3, -0.25) is 51.8 Å². The summed E-state index contributed by atoms with van der Waals surface area (Å²) in [5, 5.41) is 8.06. The van der Waals surface area contributed by atoms with Crippen molar-refractivity contribution in [1.29, 1.82) is 0 Å². The number of rotatable bonds is 22. The SMILES string of the molecule is C=CC(=O)Nc1ccc(-n2c(=O)c(C)nc3cnc(Cc4ccc(OC)cc4)nc32)cc1.C=CC(=O)Nc1ccc(-n2c(=O)cnc3cnc(Cc4ccc(N5CCCCC5)cc4)nc32)cc1.C=CC(=O)Nc1ccc(-n2c(=O)cnc3cnc(Cc4ccc(OC)cc4)nc32)cc1.COc1ccc(Cc2ncc3ncc(=O)n(-c4ccc(N)cc4)c3n2)cc1. The number of methoxy groups -OCH3 is 3. The zero-order valence-corrected chi connectivity index (χ0v) is 68.5. The highest BCUT2D eigenvalue weighted by Gasteiger charge is 2.19. The average Bonchev–Trinajstić information content (AvgIpc) is 0.826. The Balaban J connectivity index is 0.000000136. The molecule has 0 atom stereocenters. The monoisotopic (exact) mass is 1670 g/mol. The molecule has 17 rings (SSSR count). The van der Waals surface area contributed by atoms with Gasteiger partial charge in [-0.25, -0.2) is 59.8 Å². The predicted octanol–water partition coefficient (Wildman–Crippen LogP) is 12.3. The molecule has 1 saturated heterocycles. The van der Waals surface area contributed by atoms with Crippen LogP contribution >= 0.6 is 0 Å². The lowest BCUT2D eigenvalue weighted by Crippen LogP contribution is -2.29. The van der Waals surface area contributed by atoms with E-state index in [0.29, 0.717) is 145 Å². The van der Waals surface area contributed by atoms with Crippen LogP contribution in [0.5, 0.6) is 17.2 Å². The number of hydrogen-bond acceptors (Lipinski definition) is 24. The summed E-state index contributed by atoms with van der Waals surface area (Å²) >= 11 is 0. The number of fused-ring (bicyclic) bond motifs is 4. The normalized spacial score (nSPS) is 11.5. The Morgan fingerprint density at radius 2 is 0.632 bits per heavy atom. The van der Waals surface area contributed by atoms with Crippen molar-refractivity contribution >= 4 is 90.8 Å². The van der Waals surface area contributed by atoms with E-state index in [4.69, 9.17) is 24.9 Å². The fourth-order valence-corrected chi connectivity index (χ4v) is 13.5. The van der Waals surface area contributed by atoms with E-state index < -0.39 is 0 Å². The number of aromatic nitrogens is 16. The fraction of sp³-hybridized carbons (Fsp3) is 0.138. The molecule has 0 bridgehead atoms. The van der Waals surface area contributed by atoms with Crippen LogP contribution in [-0.2, 0) is 40.1 Å². The van der Waals surface area contributed by atoms with Gasteiger partial charge in [0, 0.05) is 67.2 Å². The third-order valence-corrected chi connectivity index (χ3v) is 19.9. The fourth-order valence-electron chi connectivity index (χ4n) is 13.5. The molecule has 16 aromatic rings. The maximum absolute atomic E-state index is 13.0. The van der Waals surface area contributed by atoms with Gasteiger partial charge in [0.2, 0.25) is 17.7 Å². The maximum Gasteiger partial charge on any atom is 0.278 e. The number of amides is 3. The Morgan fingerprint density at radius 1 is 0.352 bits per heavy atom. The van der Waals surface area contributed by atoms with Gasteiger partial charge < -0.3 is 40.8 Å². The van der Waals surface area contributed by atoms with E-state index >= 15 is 0 Å². The van der Waals surface area contributed by atoms with Gasteiger partial charge >= 0.3 is 0 Å². The predicted molar refractivity (Wildman–Crippen MR) is 480 cm³/mol. The van der Waals surface area contributed by atoms with E-state index in [1.165, 1.54) is 80.0 Å². The molecule has 31 heteroatoms. The molecule has 31 nitrogen and oxygen atoms in total. The summed E-state index contributed by atoms with van der Waals surface area (Å²) in [4.78, 5) is 141. The zero-order valence-electron chi connectivity index (χ0n) is 68.5. The van der Waals surface area contributed by atoms with Gasteiger partial charge in [0.05, 0.1) is 87.5 Å². The van der Waals surface area contributed by atoms with Crippen LogP contribution in [0.1, 0.15) is 70.5 Å².